The van der Waals surface area contributed by atoms with Gasteiger partial charge in [0.15, 0.2) is 11.6 Å². The van der Waals surface area contributed by atoms with E-state index in [1.54, 1.807) is 0 Å². The van der Waals surface area contributed by atoms with Crippen LogP contribution in [-0.2, 0) is 12.8 Å². The number of rotatable bonds is 3. The monoisotopic (exact) mass is 259 g/mol. The van der Waals surface area contributed by atoms with Crippen LogP contribution in [0.25, 0.3) is 0 Å². The Kier molecular flexibility index (Phi) is 3.00. The van der Waals surface area contributed by atoms with E-state index in [0.717, 1.165) is 24.7 Å². The molecule has 0 aliphatic heterocycles. The number of fused-ring (bicyclic) bond motifs is 1. The van der Waals surface area contributed by atoms with Gasteiger partial charge in [0.05, 0.1) is 6.20 Å². The van der Waals surface area contributed by atoms with E-state index in [9.17, 15) is 4.39 Å². The van der Waals surface area contributed by atoms with Crippen LogP contribution in [0, 0.1) is 5.82 Å². The van der Waals surface area contributed by atoms with Crippen molar-refractivity contribution in [3.05, 3.63) is 41.3 Å². The molecule has 1 aliphatic rings. The Bertz CT molecular complexity index is 614. The zero-order valence-electron chi connectivity index (χ0n) is 10.3. The smallest absolute Gasteiger partial charge is 0.239 e. The van der Waals surface area contributed by atoms with E-state index in [4.69, 9.17) is 5.84 Å². The summed E-state index contributed by atoms with van der Waals surface area (Å²) in [6.07, 6.45) is 4.46. The lowest BCUT2D eigenvalue weighted by Crippen LogP contribution is -2.12. The number of nitrogen functional groups attached to an aromatic ring is 1. The number of nitrogens with two attached hydrogens (primary N) is 1. The Hall–Kier alpha value is -2.21. The van der Waals surface area contributed by atoms with Crippen molar-refractivity contribution in [2.75, 3.05) is 10.7 Å². The molecule has 19 heavy (non-hydrogen) atoms. The van der Waals surface area contributed by atoms with E-state index in [1.807, 2.05) is 12.1 Å². The molecule has 0 fully saturated rings. The van der Waals surface area contributed by atoms with Gasteiger partial charge in [0, 0.05) is 5.69 Å². The van der Waals surface area contributed by atoms with Gasteiger partial charge in [-0.05, 0) is 42.5 Å². The van der Waals surface area contributed by atoms with Crippen molar-refractivity contribution in [2.45, 2.75) is 19.3 Å². The molecule has 0 atom stereocenters. The fourth-order valence-corrected chi connectivity index (χ4v) is 2.31. The highest BCUT2D eigenvalue weighted by Crippen LogP contribution is 2.26. The fourth-order valence-electron chi connectivity index (χ4n) is 2.31. The van der Waals surface area contributed by atoms with Crippen molar-refractivity contribution in [1.82, 2.24) is 9.97 Å². The molecule has 3 rings (SSSR count). The van der Waals surface area contributed by atoms with Gasteiger partial charge in [-0.25, -0.2) is 15.2 Å². The Morgan fingerprint density at radius 3 is 2.89 bits per heavy atom. The van der Waals surface area contributed by atoms with Crippen LogP contribution in [0.2, 0.25) is 0 Å². The van der Waals surface area contributed by atoms with Crippen molar-refractivity contribution < 1.29 is 4.39 Å². The van der Waals surface area contributed by atoms with E-state index >= 15 is 0 Å². The first-order valence-corrected chi connectivity index (χ1v) is 6.14. The number of anilines is 3. The standard InChI is InChI=1S/C13H14FN5/c14-11-7-16-13(19-15)18-12(11)17-10-5-4-8-2-1-3-9(8)6-10/h4-7H,1-3,15H2,(H2,16,17,18,19). The summed E-state index contributed by atoms with van der Waals surface area (Å²) < 4.78 is 13.6. The minimum absolute atomic E-state index is 0.112. The van der Waals surface area contributed by atoms with Crippen LogP contribution in [0.4, 0.5) is 21.8 Å². The van der Waals surface area contributed by atoms with Gasteiger partial charge < -0.3 is 5.32 Å². The second-order valence-corrected chi connectivity index (χ2v) is 4.50. The van der Waals surface area contributed by atoms with E-state index in [-0.39, 0.29) is 11.8 Å². The number of benzene rings is 1. The molecular formula is C13H14FN5. The van der Waals surface area contributed by atoms with Crippen LogP contribution in [-0.4, -0.2) is 9.97 Å². The van der Waals surface area contributed by atoms with Gasteiger partial charge in [0.2, 0.25) is 5.95 Å². The van der Waals surface area contributed by atoms with Gasteiger partial charge in [0.1, 0.15) is 0 Å². The number of nitrogens with zero attached hydrogens (tertiary/aromatic N) is 2. The van der Waals surface area contributed by atoms with Crippen molar-refractivity contribution >= 4 is 17.5 Å². The Morgan fingerprint density at radius 1 is 1.21 bits per heavy atom. The van der Waals surface area contributed by atoms with Crippen LogP contribution in [0.15, 0.2) is 24.4 Å². The van der Waals surface area contributed by atoms with Gasteiger partial charge in [-0.3, -0.25) is 5.43 Å². The number of aromatic nitrogens is 2. The summed E-state index contributed by atoms with van der Waals surface area (Å²) in [5.74, 6) is 4.98. The third-order valence-electron chi connectivity index (χ3n) is 3.23. The predicted octanol–water partition coefficient (Wildman–Crippen LogP) is 2.13. The van der Waals surface area contributed by atoms with Crippen LogP contribution >= 0.6 is 0 Å². The third kappa shape index (κ3) is 2.34. The Morgan fingerprint density at radius 2 is 2.05 bits per heavy atom. The first-order valence-electron chi connectivity index (χ1n) is 6.14. The number of halogens is 1. The maximum atomic E-state index is 13.6. The van der Waals surface area contributed by atoms with E-state index in [0.29, 0.717) is 0 Å². The summed E-state index contributed by atoms with van der Waals surface area (Å²) in [7, 11) is 0. The molecule has 0 saturated heterocycles. The molecular weight excluding hydrogens is 245 g/mol. The molecule has 0 spiro atoms. The summed E-state index contributed by atoms with van der Waals surface area (Å²) in [6, 6.07) is 6.05. The summed E-state index contributed by atoms with van der Waals surface area (Å²) in [5, 5.41) is 2.95. The van der Waals surface area contributed by atoms with Crippen LogP contribution < -0.4 is 16.6 Å². The number of aryl methyl sites for hydroxylation is 2. The SMILES string of the molecule is NNc1ncc(F)c(Nc2ccc3c(c2)CCC3)n1. The Balaban J connectivity index is 1.88. The van der Waals surface area contributed by atoms with Gasteiger partial charge >= 0.3 is 0 Å². The summed E-state index contributed by atoms with van der Waals surface area (Å²) in [5.41, 5.74) is 5.80. The largest absolute Gasteiger partial charge is 0.338 e. The van der Waals surface area contributed by atoms with Gasteiger partial charge in [0.25, 0.3) is 0 Å². The molecule has 1 aromatic heterocycles. The zero-order valence-corrected chi connectivity index (χ0v) is 10.3. The van der Waals surface area contributed by atoms with Crippen molar-refractivity contribution in [1.29, 1.82) is 0 Å². The molecule has 1 aromatic carbocycles. The second kappa shape index (κ2) is 4.81. The molecule has 1 aliphatic carbocycles. The van der Waals surface area contributed by atoms with Gasteiger partial charge in [-0.1, -0.05) is 6.07 Å². The number of nitrogens with one attached hydrogen (secondary N) is 2. The summed E-state index contributed by atoms with van der Waals surface area (Å²) in [6.45, 7) is 0. The molecule has 98 valence electrons. The molecule has 1 heterocycles. The predicted molar refractivity (Wildman–Crippen MR) is 71.5 cm³/mol. The highest BCUT2D eigenvalue weighted by Gasteiger charge is 2.12. The lowest BCUT2D eigenvalue weighted by atomic mass is 10.1. The third-order valence-corrected chi connectivity index (χ3v) is 3.23. The van der Waals surface area contributed by atoms with Crippen molar-refractivity contribution in [3.8, 4) is 0 Å². The minimum atomic E-state index is -0.514. The normalized spacial score (nSPS) is 13.2. The van der Waals surface area contributed by atoms with Crippen molar-refractivity contribution in [3.63, 3.8) is 0 Å². The average molecular weight is 259 g/mol. The van der Waals surface area contributed by atoms with E-state index in [1.165, 1.54) is 17.5 Å². The highest BCUT2D eigenvalue weighted by molar-refractivity contribution is 5.59. The van der Waals surface area contributed by atoms with Crippen LogP contribution in [0.5, 0.6) is 0 Å². The average Bonchev–Trinajstić information content (AvgIpc) is 2.89. The summed E-state index contributed by atoms with van der Waals surface area (Å²) in [4.78, 5) is 7.64. The molecule has 0 bridgehead atoms. The number of hydrogen-bond donors (Lipinski definition) is 3. The van der Waals surface area contributed by atoms with E-state index in [2.05, 4.69) is 26.8 Å². The van der Waals surface area contributed by atoms with E-state index < -0.39 is 5.82 Å². The highest BCUT2D eigenvalue weighted by atomic mass is 19.1. The maximum absolute atomic E-state index is 13.6. The molecule has 0 unspecified atom stereocenters. The fraction of sp³-hybridized carbons (Fsp3) is 0.231. The van der Waals surface area contributed by atoms with Gasteiger partial charge in [-0.15, -0.1) is 0 Å². The molecule has 0 radical (unpaired) electrons. The lowest BCUT2D eigenvalue weighted by Gasteiger charge is -2.09. The number of hydrazine groups is 1. The molecule has 5 nitrogen and oxygen atoms in total. The minimum Gasteiger partial charge on any atom is -0.338 e. The van der Waals surface area contributed by atoms with Gasteiger partial charge in [-0.2, -0.15) is 4.98 Å². The topological polar surface area (TPSA) is 75.9 Å². The van der Waals surface area contributed by atoms with Crippen LogP contribution in [0.3, 0.4) is 0 Å². The first kappa shape index (κ1) is 11.9. The molecule has 0 saturated carbocycles. The zero-order chi connectivity index (χ0) is 13.2. The molecule has 4 N–H and O–H groups in total. The lowest BCUT2D eigenvalue weighted by molar-refractivity contribution is 0.619. The number of hydrogen-bond acceptors (Lipinski definition) is 5. The quantitative estimate of drug-likeness (QED) is 0.581. The molecule has 6 heteroatoms. The second-order valence-electron chi connectivity index (χ2n) is 4.50. The summed E-state index contributed by atoms with van der Waals surface area (Å²) >= 11 is 0. The Labute approximate surface area is 110 Å². The molecule has 0 amide bonds. The first-order chi connectivity index (χ1) is 9.26. The van der Waals surface area contributed by atoms with Crippen LogP contribution in [0.1, 0.15) is 17.5 Å². The maximum Gasteiger partial charge on any atom is 0.239 e. The van der Waals surface area contributed by atoms with Crippen molar-refractivity contribution in [2.24, 2.45) is 5.84 Å². The molecule has 2 aromatic rings.